The molecule has 0 atom stereocenters. The molecule has 130 valence electrons. The van der Waals surface area contributed by atoms with E-state index in [-0.39, 0.29) is 11.8 Å². The zero-order valence-electron chi connectivity index (χ0n) is 14.4. The SMILES string of the molecule is COCCCNC(=O)NCc1cc(C)n(-c2ccc(F)cc2)c1C. The van der Waals surface area contributed by atoms with Gasteiger partial charge in [-0.15, -0.1) is 0 Å². The third-order valence-corrected chi connectivity index (χ3v) is 3.87. The molecule has 1 aromatic heterocycles. The largest absolute Gasteiger partial charge is 0.385 e. The molecular formula is C18H24FN3O2. The highest BCUT2D eigenvalue weighted by Crippen LogP contribution is 2.21. The van der Waals surface area contributed by atoms with Crippen LogP contribution in [0.25, 0.3) is 5.69 Å². The van der Waals surface area contributed by atoms with Gasteiger partial charge in [-0.1, -0.05) is 0 Å². The van der Waals surface area contributed by atoms with Crippen molar-refractivity contribution in [2.75, 3.05) is 20.3 Å². The van der Waals surface area contributed by atoms with Crippen molar-refractivity contribution in [3.05, 3.63) is 53.1 Å². The number of nitrogens with zero attached hydrogens (tertiary/aromatic N) is 1. The first-order chi connectivity index (χ1) is 11.5. The van der Waals surface area contributed by atoms with Gasteiger partial charge in [0.15, 0.2) is 0 Å². The van der Waals surface area contributed by atoms with E-state index in [0.717, 1.165) is 29.1 Å². The summed E-state index contributed by atoms with van der Waals surface area (Å²) >= 11 is 0. The molecule has 6 heteroatoms. The molecule has 1 aromatic carbocycles. The van der Waals surface area contributed by atoms with Gasteiger partial charge < -0.3 is 19.9 Å². The van der Waals surface area contributed by atoms with Crippen molar-refractivity contribution in [1.29, 1.82) is 0 Å². The van der Waals surface area contributed by atoms with Crippen molar-refractivity contribution in [3.63, 3.8) is 0 Å². The van der Waals surface area contributed by atoms with Gasteiger partial charge in [0, 0.05) is 43.9 Å². The van der Waals surface area contributed by atoms with Gasteiger partial charge in [-0.25, -0.2) is 9.18 Å². The molecule has 5 nitrogen and oxygen atoms in total. The lowest BCUT2D eigenvalue weighted by molar-refractivity contribution is 0.193. The van der Waals surface area contributed by atoms with E-state index in [1.807, 2.05) is 24.5 Å². The Labute approximate surface area is 141 Å². The molecule has 0 saturated heterocycles. The van der Waals surface area contributed by atoms with E-state index in [0.29, 0.717) is 19.7 Å². The maximum atomic E-state index is 13.1. The molecule has 0 spiro atoms. The first-order valence-corrected chi connectivity index (χ1v) is 7.97. The van der Waals surface area contributed by atoms with Gasteiger partial charge >= 0.3 is 6.03 Å². The zero-order chi connectivity index (χ0) is 17.5. The van der Waals surface area contributed by atoms with Crippen LogP contribution in [0, 0.1) is 19.7 Å². The van der Waals surface area contributed by atoms with Gasteiger partial charge in [0.2, 0.25) is 0 Å². The molecule has 0 unspecified atom stereocenters. The lowest BCUT2D eigenvalue weighted by Gasteiger charge is -2.11. The number of benzene rings is 1. The Balaban J connectivity index is 1.98. The van der Waals surface area contributed by atoms with Crippen LogP contribution in [-0.2, 0) is 11.3 Å². The highest BCUT2D eigenvalue weighted by Gasteiger charge is 2.11. The molecule has 1 heterocycles. The van der Waals surface area contributed by atoms with Crippen molar-refractivity contribution in [3.8, 4) is 5.69 Å². The minimum atomic E-state index is -0.256. The van der Waals surface area contributed by atoms with Crippen molar-refractivity contribution in [2.45, 2.75) is 26.8 Å². The number of methoxy groups -OCH3 is 1. The number of hydrogen-bond donors (Lipinski definition) is 2. The van der Waals surface area contributed by atoms with E-state index in [1.165, 1.54) is 12.1 Å². The monoisotopic (exact) mass is 333 g/mol. The first kappa shape index (κ1) is 18.0. The molecule has 0 aliphatic heterocycles. The summed E-state index contributed by atoms with van der Waals surface area (Å²) in [6.07, 6.45) is 0.781. The van der Waals surface area contributed by atoms with Crippen LogP contribution in [0.5, 0.6) is 0 Å². The van der Waals surface area contributed by atoms with Crippen molar-refractivity contribution in [2.24, 2.45) is 0 Å². The van der Waals surface area contributed by atoms with Crippen molar-refractivity contribution >= 4 is 6.03 Å². The fourth-order valence-electron chi connectivity index (χ4n) is 2.65. The highest BCUT2D eigenvalue weighted by molar-refractivity contribution is 5.73. The lowest BCUT2D eigenvalue weighted by Crippen LogP contribution is -2.35. The fourth-order valence-corrected chi connectivity index (χ4v) is 2.65. The van der Waals surface area contributed by atoms with E-state index < -0.39 is 0 Å². The number of ether oxygens (including phenoxy) is 1. The van der Waals surface area contributed by atoms with Crippen molar-refractivity contribution < 1.29 is 13.9 Å². The zero-order valence-corrected chi connectivity index (χ0v) is 14.4. The van der Waals surface area contributed by atoms with Crippen molar-refractivity contribution in [1.82, 2.24) is 15.2 Å². The number of carbonyl (C=O) groups excluding carboxylic acids is 1. The number of nitrogens with one attached hydrogen (secondary N) is 2. The second-order valence-electron chi connectivity index (χ2n) is 5.66. The molecule has 2 aromatic rings. The molecular weight excluding hydrogens is 309 g/mol. The molecule has 24 heavy (non-hydrogen) atoms. The Kier molecular flexibility index (Phi) is 6.37. The Morgan fingerprint density at radius 2 is 1.92 bits per heavy atom. The van der Waals surface area contributed by atoms with Gasteiger partial charge in [0.1, 0.15) is 5.82 Å². The van der Waals surface area contributed by atoms with Crippen LogP contribution in [-0.4, -0.2) is 30.9 Å². The predicted molar refractivity (Wildman–Crippen MR) is 91.9 cm³/mol. The smallest absolute Gasteiger partial charge is 0.315 e. The van der Waals surface area contributed by atoms with Gasteiger partial charge in [0.25, 0.3) is 0 Å². The second-order valence-corrected chi connectivity index (χ2v) is 5.66. The molecule has 0 aliphatic carbocycles. The Morgan fingerprint density at radius 1 is 1.21 bits per heavy atom. The number of carbonyl (C=O) groups is 1. The quantitative estimate of drug-likeness (QED) is 0.765. The summed E-state index contributed by atoms with van der Waals surface area (Å²) < 4.78 is 20.1. The first-order valence-electron chi connectivity index (χ1n) is 7.97. The van der Waals surface area contributed by atoms with Gasteiger partial charge in [0.05, 0.1) is 0 Å². The Morgan fingerprint density at radius 3 is 2.58 bits per heavy atom. The van der Waals surface area contributed by atoms with E-state index in [2.05, 4.69) is 10.6 Å². The summed E-state index contributed by atoms with van der Waals surface area (Å²) in [6, 6.07) is 8.21. The molecule has 0 bridgehead atoms. The van der Waals surface area contributed by atoms with Crippen LogP contribution < -0.4 is 10.6 Å². The lowest BCUT2D eigenvalue weighted by atomic mass is 10.2. The summed E-state index contributed by atoms with van der Waals surface area (Å²) in [4.78, 5) is 11.8. The van der Waals surface area contributed by atoms with E-state index in [4.69, 9.17) is 4.74 Å². The average Bonchev–Trinajstić information content (AvgIpc) is 2.85. The molecule has 2 rings (SSSR count). The summed E-state index contributed by atoms with van der Waals surface area (Å²) in [5, 5.41) is 5.64. The minimum absolute atomic E-state index is 0.197. The molecule has 0 radical (unpaired) electrons. The van der Waals surface area contributed by atoms with Gasteiger partial charge in [-0.05, 0) is 56.2 Å². The van der Waals surface area contributed by atoms with Crippen LogP contribution in [0.4, 0.5) is 9.18 Å². The predicted octanol–water partition coefficient (Wildman–Crippen LogP) is 3.07. The number of urea groups is 1. The molecule has 2 amide bonds. The van der Waals surface area contributed by atoms with Crippen LogP contribution >= 0.6 is 0 Å². The third-order valence-electron chi connectivity index (χ3n) is 3.87. The van der Waals surface area contributed by atoms with Gasteiger partial charge in [-0.3, -0.25) is 0 Å². The number of aryl methyl sites for hydroxylation is 1. The van der Waals surface area contributed by atoms with E-state index in [1.54, 1.807) is 19.2 Å². The maximum Gasteiger partial charge on any atom is 0.315 e. The Hall–Kier alpha value is -2.34. The maximum absolute atomic E-state index is 13.1. The van der Waals surface area contributed by atoms with Gasteiger partial charge in [-0.2, -0.15) is 0 Å². The number of hydrogen-bond acceptors (Lipinski definition) is 2. The van der Waals surface area contributed by atoms with Crippen LogP contribution in [0.3, 0.4) is 0 Å². The average molecular weight is 333 g/mol. The number of aromatic nitrogens is 1. The summed E-state index contributed by atoms with van der Waals surface area (Å²) in [7, 11) is 1.64. The molecule has 0 fully saturated rings. The fraction of sp³-hybridized carbons (Fsp3) is 0.389. The topological polar surface area (TPSA) is 55.3 Å². The number of rotatable bonds is 7. The number of amides is 2. The molecule has 0 saturated carbocycles. The molecule has 2 N–H and O–H groups in total. The molecule has 0 aliphatic rings. The Bertz CT molecular complexity index is 680. The van der Waals surface area contributed by atoms with Crippen LogP contribution in [0.2, 0.25) is 0 Å². The number of halogens is 1. The van der Waals surface area contributed by atoms with Crippen LogP contribution in [0.15, 0.2) is 30.3 Å². The summed E-state index contributed by atoms with van der Waals surface area (Å²) in [6.45, 7) is 5.62. The second kappa shape index (κ2) is 8.49. The van der Waals surface area contributed by atoms with E-state index >= 15 is 0 Å². The van der Waals surface area contributed by atoms with Crippen LogP contribution in [0.1, 0.15) is 23.4 Å². The highest BCUT2D eigenvalue weighted by atomic mass is 19.1. The van der Waals surface area contributed by atoms with E-state index in [9.17, 15) is 9.18 Å². The third kappa shape index (κ3) is 4.58. The normalized spacial score (nSPS) is 10.7. The summed E-state index contributed by atoms with van der Waals surface area (Å²) in [5.41, 5.74) is 4.00. The summed E-state index contributed by atoms with van der Waals surface area (Å²) in [5.74, 6) is -0.256. The minimum Gasteiger partial charge on any atom is -0.385 e. The standard InChI is InChI=1S/C18H24FN3O2/c1-13-11-15(12-21-18(23)20-9-4-10-24-3)14(2)22(13)17-7-5-16(19)6-8-17/h5-8,11H,4,9-10,12H2,1-3H3,(H2,20,21,23).